The highest BCUT2D eigenvalue weighted by molar-refractivity contribution is 5.60. The Morgan fingerprint density at radius 2 is 2.07 bits per heavy atom. The van der Waals surface area contributed by atoms with Crippen LogP contribution in [0.5, 0.6) is 0 Å². The number of fused-ring (bicyclic) bond motifs is 1. The van der Waals surface area contributed by atoms with Crippen molar-refractivity contribution in [2.45, 2.75) is 38.1 Å². The summed E-state index contributed by atoms with van der Waals surface area (Å²) in [5, 5.41) is 0. The maximum Gasteiger partial charge on any atom is 0.0399 e. The SMILES string of the molecule is CC1Cc2cc(C3CC3)ccc2N1C. The van der Waals surface area contributed by atoms with Gasteiger partial charge in [0, 0.05) is 18.8 Å². The van der Waals surface area contributed by atoms with E-state index < -0.39 is 0 Å². The van der Waals surface area contributed by atoms with Crippen LogP contribution in [0.3, 0.4) is 0 Å². The fourth-order valence-electron chi connectivity index (χ4n) is 2.48. The van der Waals surface area contributed by atoms with E-state index in [1.165, 1.54) is 24.9 Å². The summed E-state index contributed by atoms with van der Waals surface area (Å²) in [4.78, 5) is 2.39. The van der Waals surface area contributed by atoms with Crippen molar-refractivity contribution in [2.75, 3.05) is 11.9 Å². The highest BCUT2D eigenvalue weighted by Crippen LogP contribution is 2.42. The Hall–Kier alpha value is -0.980. The molecule has 1 atom stereocenters. The molecule has 3 rings (SSSR count). The van der Waals surface area contributed by atoms with Gasteiger partial charge in [-0.2, -0.15) is 0 Å². The first-order valence-electron chi connectivity index (χ1n) is 5.61. The van der Waals surface area contributed by atoms with Gasteiger partial charge < -0.3 is 4.90 Å². The highest BCUT2D eigenvalue weighted by Gasteiger charge is 2.27. The van der Waals surface area contributed by atoms with Gasteiger partial charge in [-0.3, -0.25) is 0 Å². The zero-order chi connectivity index (χ0) is 9.71. The molecule has 1 heteroatoms. The first-order valence-corrected chi connectivity index (χ1v) is 5.61. The van der Waals surface area contributed by atoms with Crippen molar-refractivity contribution in [3.63, 3.8) is 0 Å². The minimum Gasteiger partial charge on any atom is -0.371 e. The van der Waals surface area contributed by atoms with Crippen molar-refractivity contribution >= 4 is 5.69 Å². The molecule has 1 unspecified atom stereocenters. The van der Waals surface area contributed by atoms with Gasteiger partial charge in [-0.05, 0) is 49.3 Å². The minimum atomic E-state index is 0.680. The van der Waals surface area contributed by atoms with E-state index in [1.54, 1.807) is 11.1 Å². The molecule has 0 spiro atoms. The molecule has 1 nitrogen and oxygen atoms in total. The zero-order valence-corrected chi connectivity index (χ0v) is 8.96. The van der Waals surface area contributed by atoms with Crippen LogP contribution < -0.4 is 4.90 Å². The summed E-state index contributed by atoms with van der Waals surface area (Å²) < 4.78 is 0. The number of benzene rings is 1. The topological polar surface area (TPSA) is 3.24 Å². The maximum absolute atomic E-state index is 2.44. The molecule has 0 amide bonds. The lowest BCUT2D eigenvalue weighted by Gasteiger charge is -2.18. The summed E-state index contributed by atoms with van der Waals surface area (Å²) in [7, 11) is 2.20. The fourth-order valence-corrected chi connectivity index (χ4v) is 2.48. The van der Waals surface area contributed by atoms with E-state index >= 15 is 0 Å². The van der Waals surface area contributed by atoms with Crippen LogP contribution in [0.15, 0.2) is 18.2 Å². The van der Waals surface area contributed by atoms with Crippen LogP contribution in [0, 0.1) is 0 Å². The van der Waals surface area contributed by atoms with Crippen LogP contribution >= 0.6 is 0 Å². The van der Waals surface area contributed by atoms with Crippen molar-refractivity contribution in [1.82, 2.24) is 0 Å². The molecular formula is C13H17N. The van der Waals surface area contributed by atoms with Crippen LogP contribution in [0.1, 0.15) is 36.8 Å². The molecule has 14 heavy (non-hydrogen) atoms. The molecule has 0 saturated heterocycles. The second-order valence-corrected chi connectivity index (χ2v) is 4.83. The van der Waals surface area contributed by atoms with Crippen molar-refractivity contribution < 1.29 is 0 Å². The Kier molecular flexibility index (Phi) is 1.64. The second kappa shape index (κ2) is 2.75. The van der Waals surface area contributed by atoms with Gasteiger partial charge in [0.15, 0.2) is 0 Å². The molecule has 74 valence electrons. The molecule has 1 fully saturated rings. The number of anilines is 1. The third kappa shape index (κ3) is 1.15. The predicted molar refractivity (Wildman–Crippen MR) is 60.0 cm³/mol. The molecule has 0 aromatic heterocycles. The summed E-state index contributed by atoms with van der Waals surface area (Å²) in [6.07, 6.45) is 4.04. The van der Waals surface area contributed by atoms with E-state index in [-0.39, 0.29) is 0 Å². The number of rotatable bonds is 1. The Balaban J connectivity index is 2.00. The maximum atomic E-state index is 2.44. The van der Waals surface area contributed by atoms with E-state index in [2.05, 4.69) is 37.1 Å². The molecule has 0 N–H and O–H groups in total. The molecule has 0 bridgehead atoms. The summed E-state index contributed by atoms with van der Waals surface area (Å²) in [6.45, 7) is 2.30. The number of nitrogens with zero attached hydrogens (tertiary/aromatic N) is 1. The molecule has 1 aliphatic heterocycles. The average molecular weight is 187 g/mol. The zero-order valence-electron chi connectivity index (χ0n) is 8.96. The Bertz CT molecular complexity index is 365. The minimum absolute atomic E-state index is 0.680. The van der Waals surface area contributed by atoms with E-state index in [9.17, 15) is 0 Å². The van der Waals surface area contributed by atoms with Gasteiger partial charge in [0.2, 0.25) is 0 Å². The highest BCUT2D eigenvalue weighted by atomic mass is 15.1. The number of likely N-dealkylation sites (N-methyl/N-ethyl adjacent to an activating group) is 1. The molecule has 1 heterocycles. The average Bonchev–Trinajstić information content (AvgIpc) is 2.96. The van der Waals surface area contributed by atoms with E-state index in [0.717, 1.165) is 5.92 Å². The fraction of sp³-hybridized carbons (Fsp3) is 0.538. The lowest BCUT2D eigenvalue weighted by molar-refractivity contribution is 0.732. The Morgan fingerprint density at radius 1 is 1.29 bits per heavy atom. The van der Waals surface area contributed by atoms with Crippen molar-refractivity contribution in [2.24, 2.45) is 0 Å². The first kappa shape index (κ1) is 8.34. The van der Waals surface area contributed by atoms with E-state index in [0.29, 0.717) is 6.04 Å². The summed E-state index contributed by atoms with van der Waals surface area (Å²) >= 11 is 0. The van der Waals surface area contributed by atoms with Crippen LogP contribution in [0.4, 0.5) is 5.69 Å². The molecule has 1 aliphatic carbocycles. The summed E-state index contributed by atoms with van der Waals surface area (Å²) in [6, 6.07) is 7.75. The van der Waals surface area contributed by atoms with Gasteiger partial charge in [0.25, 0.3) is 0 Å². The largest absolute Gasteiger partial charge is 0.371 e. The Morgan fingerprint density at radius 3 is 2.79 bits per heavy atom. The van der Waals surface area contributed by atoms with Crippen LogP contribution in [-0.4, -0.2) is 13.1 Å². The van der Waals surface area contributed by atoms with Crippen LogP contribution in [0.2, 0.25) is 0 Å². The van der Waals surface area contributed by atoms with Crippen molar-refractivity contribution in [3.8, 4) is 0 Å². The van der Waals surface area contributed by atoms with E-state index in [4.69, 9.17) is 0 Å². The van der Waals surface area contributed by atoms with Gasteiger partial charge in [-0.1, -0.05) is 12.1 Å². The number of hydrogen-bond acceptors (Lipinski definition) is 1. The molecule has 1 aromatic carbocycles. The lowest BCUT2D eigenvalue weighted by Crippen LogP contribution is -2.23. The van der Waals surface area contributed by atoms with Crippen LogP contribution in [-0.2, 0) is 6.42 Å². The predicted octanol–water partition coefficient (Wildman–Crippen LogP) is 2.94. The van der Waals surface area contributed by atoms with Gasteiger partial charge in [-0.15, -0.1) is 0 Å². The monoisotopic (exact) mass is 187 g/mol. The van der Waals surface area contributed by atoms with Crippen molar-refractivity contribution in [1.29, 1.82) is 0 Å². The smallest absolute Gasteiger partial charge is 0.0399 e. The van der Waals surface area contributed by atoms with Crippen LogP contribution in [0.25, 0.3) is 0 Å². The normalized spacial score (nSPS) is 25.3. The number of hydrogen-bond donors (Lipinski definition) is 0. The summed E-state index contributed by atoms with van der Waals surface area (Å²) in [5.74, 6) is 0.890. The summed E-state index contributed by atoms with van der Waals surface area (Å²) in [5.41, 5.74) is 4.58. The molecule has 0 radical (unpaired) electrons. The first-order chi connectivity index (χ1) is 6.75. The standard InChI is InChI=1S/C13H17N/c1-9-7-12-8-11(10-3-4-10)5-6-13(12)14(9)2/h5-6,8-10H,3-4,7H2,1-2H3. The third-order valence-electron chi connectivity index (χ3n) is 3.71. The van der Waals surface area contributed by atoms with Gasteiger partial charge in [0.1, 0.15) is 0 Å². The quantitative estimate of drug-likeness (QED) is 0.653. The third-order valence-corrected chi connectivity index (χ3v) is 3.71. The lowest BCUT2D eigenvalue weighted by atomic mass is 10.0. The van der Waals surface area contributed by atoms with E-state index in [1.807, 2.05) is 0 Å². The van der Waals surface area contributed by atoms with Gasteiger partial charge in [0.05, 0.1) is 0 Å². The van der Waals surface area contributed by atoms with Gasteiger partial charge >= 0.3 is 0 Å². The molecular weight excluding hydrogens is 170 g/mol. The van der Waals surface area contributed by atoms with Gasteiger partial charge in [-0.25, -0.2) is 0 Å². The van der Waals surface area contributed by atoms with Crippen molar-refractivity contribution in [3.05, 3.63) is 29.3 Å². The Labute approximate surface area is 85.7 Å². The molecule has 2 aliphatic rings. The molecule has 1 aromatic rings. The second-order valence-electron chi connectivity index (χ2n) is 4.83. The molecule has 1 saturated carbocycles.